The van der Waals surface area contributed by atoms with Crippen LogP contribution in [0.3, 0.4) is 0 Å². The van der Waals surface area contributed by atoms with Crippen molar-refractivity contribution in [3.05, 3.63) is 41.4 Å². The van der Waals surface area contributed by atoms with Crippen LogP contribution in [-0.2, 0) is 3.07 Å². The number of rotatable bonds is 3. The van der Waals surface area contributed by atoms with Crippen molar-refractivity contribution in [3.8, 4) is 10.6 Å². The smallest absolute Gasteiger partial charge is 0.297 e. The third kappa shape index (κ3) is 3.01. The molecule has 0 spiro atoms. The zero-order chi connectivity index (χ0) is 13.2. The first-order valence-corrected chi connectivity index (χ1v) is 6.57. The Morgan fingerprint density at radius 2 is 1.89 bits per heavy atom. The number of hydrogen-bond acceptors (Lipinski definition) is 3. The van der Waals surface area contributed by atoms with E-state index in [0.29, 0.717) is 5.01 Å². The van der Waals surface area contributed by atoms with Gasteiger partial charge in [-0.25, -0.2) is 4.98 Å². The van der Waals surface area contributed by atoms with Crippen LogP contribution >= 0.6 is 34.3 Å². The van der Waals surface area contributed by atoms with Gasteiger partial charge in [-0.05, 0) is 0 Å². The van der Waals surface area contributed by atoms with Gasteiger partial charge in [0.1, 0.15) is 28.0 Å². The maximum Gasteiger partial charge on any atom is 0.420 e. The summed E-state index contributed by atoms with van der Waals surface area (Å²) in [5.74, 6) is 0. The van der Waals surface area contributed by atoms with Gasteiger partial charge in [-0.15, -0.1) is 11.3 Å². The van der Waals surface area contributed by atoms with E-state index in [1.54, 1.807) is 12.1 Å². The molecule has 7 heteroatoms. The fourth-order valence-electron chi connectivity index (χ4n) is 1.38. The Kier molecular flexibility index (Phi) is 4.23. The highest BCUT2D eigenvalue weighted by molar-refractivity contribution is 14.1. The third-order valence-corrected chi connectivity index (χ3v) is 3.79. The first kappa shape index (κ1) is 13.8. The highest BCUT2D eigenvalue weighted by Gasteiger charge is 2.43. The van der Waals surface area contributed by atoms with Gasteiger partial charge in [-0.2, -0.15) is 13.2 Å². The van der Waals surface area contributed by atoms with Gasteiger partial charge in [-0.3, -0.25) is 3.07 Å². The molecule has 1 unspecified atom stereocenters. The summed E-state index contributed by atoms with van der Waals surface area (Å²) in [5, 5.41) is 0.549. The molecule has 0 fully saturated rings. The molecule has 0 bridgehead atoms. The minimum absolute atomic E-state index is 0.0516. The van der Waals surface area contributed by atoms with Gasteiger partial charge >= 0.3 is 6.18 Å². The molecule has 1 aromatic carbocycles. The fraction of sp³-hybridized carbons (Fsp3) is 0.182. The normalized spacial score (nSPS) is 13.6. The van der Waals surface area contributed by atoms with Crippen molar-refractivity contribution in [1.82, 2.24) is 4.98 Å². The van der Waals surface area contributed by atoms with E-state index < -0.39 is 12.3 Å². The van der Waals surface area contributed by atoms with Crippen molar-refractivity contribution in [2.75, 3.05) is 0 Å². The summed E-state index contributed by atoms with van der Waals surface area (Å²) in [6, 6.07) is 9.07. The van der Waals surface area contributed by atoms with Crippen molar-refractivity contribution in [1.29, 1.82) is 0 Å². The molecule has 1 aromatic heterocycles. The van der Waals surface area contributed by atoms with Crippen molar-refractivity contribution in [3.63, 3.8) is 0 Å². The summed E-state index contributed by atoms with van der Waals surface area (Å²) < 4.78 is 42.5. The molecule has 0 saturated heterocycles. The van der Waals surface area contributed by atoms with Crippen molar-refractivity contribution in [2.24, 2.45) is 0 Å². The molecule has 0 aliphatic carbocycles. The lowest BCUT2D eigenvalue weighted by Gasteiger charge is -2.14. The number of benzene rings is 1. The number of hydrogen-bond donors (Lipinski definition) is 0. The summed E-state index contributed by atoms with van der Waals surface area (Å²) in [6.45, 7) is 0. The maximum atomic E-state index is 12.7. The standard InChI is InChI=1S/C11H7F3INOS/c12-11(13,14)9(17-15)8-6-16-10(18-8)7-4-2-1-3-5-7/h1-6,9H. The second-order valence-electron chi connectivity index (χ2n) is 3.44. The largest absolute Gasteiger partial charge is 0.420 e. The van der Waals surface area contributed by atoms with E-state index in [0.717, 1.165) is 16.9 Å². The van der Waals surface area contributed by atoms with Crippen LogP contribution in [0, 0.1) is 0 Å². The number of alkyl halides is 3. The van der Waals surface area contributed by atoms with Crippen LogP contribution in [0.4, 0.5) is 13.2 Å². The lowest BCUT2D eigenvalue weighted by atomic mass is 10.2. The van der Waals surface area contributed by atoms with E-state index in [1.165, 1.54) is 29.2 Å². The van der Waals surface area contributed by atoms with Crippen LogP contribution in [0.5, 0.6) is 0 Å². The zero-order valence-corrected chi connectivity index (χ0v) is 11.8. The van der Waals surface area contributed by atoms with E-state index >= 15 is 0 Å². The fourth-order valence-corrected chi connectivity index (χ4v) is 3.09. The predicted molar refractivity (Wildman–Crippen MR) is 71.5 cm³/mol. The number of halogens is 4. The third-order valence-electron chi connectivity index (χ3n) is 2.19. The Balaban J connectivity index is 2.31. The van der Waals surface area contributed by atoms with Gasteiger partial charge in [0.15, 0.2) is 0 Å². The average Bonchev–Trinajstić information content (AvgIpc) is 2.78. The van der Waals surface area contributed by atoms with Crippen LogP contribution in [0.1, 0.15) is 11.0 Å². The van der Waals surface area contributed by atoms with Crippen LogP contribution in [0.25, 0.3) is 10.6 Å². The van der Waals surface area contributed by atoms with Gasteiger partial charge in [-0.1, -0.05) is 30.3 Å². The number of aromatic nitrogens is 1. The van der Waals surface area contributed by atoms with Crippen LogP contribution < -0.4 is 0 Å². The molecule has 96 valence electrons. The summed E-state index contributed by atoms with van der Waals surface area (Å²) in [4.78, 5) is 4.06. The Bertz CT molecular complexity index is 515. The van der Waals surface area contributed by atoms with Crippen LogP contribution in [0.15, 0.2) is 36.5 Å². The van der Waals surface area contributed by atoms with E-state index in [9.17, 15) is 13.2 Å². The molecule has 2 aromatic rings. The molecule has 0 radical (unpaired) electrons. The SMILES string of the molecule is FC(F)(F)C(OI)c1cnc(-c2ccccc2)s1. The lowest BCUT2D eigenvalue weighted by molar-refractivity contribution is -0.188. The molecule has 0 aliphatic rings. The summed E-state index contributed by atoms with van der Waals surface area (Å²) in [6.07, 6.45) is -5.14. The van der Waals surface area contributed by atoms with E-state index in [2.05, 4.69) is 8.05 Å². The first-order chi connectivity index (χ1) is 8.52. The van der Waals surface area contributed by atoms with Crippen LogP contribution in [-0.4, -0.2) is 11.2 Å². The molecular formula is C11H7F3INOS. The average molecular weight is 385 g/mol. The van der Waals surface area contributed by atoms with E-state index in [4.69, 9.17) is 0 Å². The molecule has 1 heterocycles. The molecule has 0 amide bonds. The lowest BCUT2D eigenvalue weighted by Crippen LogP contribution is -2.19. The minimum atomic E-state index is -4.43. The van der Waals surface area contributed by atoms with Gasteiger partial charge < -0.3 is 0 Å². The van der Waals surface area contributed by atoms with E-state index in [1.807, 2.05) is 18.2 Å². The second-order valence-corrected chi connectivity index (χ2v) is 5.02. The quantitative estimate of drug-likeness (QED) is 0.710. The Morgan fingerprint density at radius 1 is 1.22 bits per heavy atom. The Morgan fingerprint density at radius 3 is 2.44 bits per heavy atom. The zero-order valence-electron chi connectivity index (χ0n) is 8.82. The molecule has 2 rings (SSSR count). The second kappa shape index (κ2) is 5.54. The molecule has 0 aliphatic heterocycles. The van der Waals surface area contributed by atoms with Crippen molar-refractivity contribution in [2.45, 2.75) is 12.3 Å². The molecule has 0 saturated carbocycles. The number of thiazole rings is 1. The minimum Gasteiger partial charge on any atom is -0.297 e. The molecule has 2 nitrogen and oxygen atoms in total. The van der Waals surface area contributed by atoms with Gasteiger partial charge in [0.25, 0.3) is 0 Å². The highest BCUT2D eigenvalue weighted by Crippen LogP contribution is 2.41. The number of nitrogens with zero attached hydrogens (tertiary/aromatic N) is 1. The predicted octanol–water partition coefficient (Wildman–Crippen LogP) is 4.78. The molecular weight excluding hydrogens is 378 g/mol. The Hall–Kier alpha value is -0.670. The van der Waals surface area contributed by atoms with Gasteiger partial charge in [0, 0.05) is 11.8 Å². The van der Waals surface area contributed by atoms with Crippen molar-refractivity contribution < 1.29 is 16.2 Å². The summed E-state index contributed by atoms with van der Waals surface area (Å²) >= 11 is 2.25. The maximum absolute atomic E-state index is 12.7. The Labute approximate surface area is 120 Å². The highest BCUT2D eigenvalue weighted by atomic mass is 127. The first-order valence-electron chi connectivity index (χ1n) is 4.87. The van der Waals surface area contributed by atoms with Crippen LogP contribution in [0.2, 0.25) is 0 Å². The molecule has 0 N–H and O–H groups in total. The topological polar surface area (TPSA) is 22.1 Å². The van der Waals surface area contributed by atoms with Gasteiger partial charge in [0.2, 0.25) is 6.10 Å². The molecule has 18 heavy (non-hydrogen) atoms. The van der Waals surface area contributed by atoms with E-state index in [-0.39, 0.29) is 4.88 Å². The van der Waals surface area contributed by atoms with Crippen molar-refractivity contribution >= 4 is 34.3 Å². The van der Waals surface area contributed by atoms with Gasteiger partial charge in [0.05, 0.1) is 4.88 Å². The summed E-state index contributed by atoms with van der Waals surface area (Å²) in [5.41, 5.74) is 0.795. The summed E-state index contributed by atoms with van der Waals surface area (Å²) in [7, 11) is 0. The molecule has 1 atom stereocenters. The monoisotopic (exact) mass is 385 g/mol.